The fourth-order valence-electron chi connectivity index (χ4n) is 3.49. The van der Waals surface area contributed by atoms with Gasteiger partial charge in [0.15, 0.2) is 0 Å². The summed E-state index contributed by atoms with van der Waals surface area (Å²) in [5, 5.41) is 0. The molecule has 1 heterocycles. The summed E-state index contributed by atoms with van der Waals surface area (Å²) in [6.07, 6.45) is 7.23. The van der Waals surface area contributed by atoms with E-state index in [1.807, 2.05) is 0 Å². The van der Waals surface area contributed by atoms with Crippen LogP contribution in [-0.2, 0) is 0 Å². The molecule has 1 nitrogen and oxygen atoms in total. The van der Waals surface area contributed by atoms with Crippen LogP contribution in [0.1, 0.15) is 52.9 Å². The highest BCUT2D eigenvalue weighted by Crippen LogP contribution is 2.50. The first-order valence-electron chi connectivity index (χ1n) is 6.15. The minimum Gasteiger partial charge on any atom is -0.301 e. The van der Waals surface area contributed by atoms with Crippen molar-refractivity contribution in [3.05, 3.63) is 0 Å². The second kappa shape index (κ2) is 3.23. The van der Waals surface area contributed by atoms with Gasteiger partial charge in [-0.05, 0) is 57.0 Å². The van der Waals surface area contributed by atoms with Crippen LogP contribution in [0, 0.1) is 11.3 Å². The Bertz CT molecular complexity index is 216. The van der Waals surface area contributed by atoms with E-state index >= 15 is 0 Å². The van der Waals surface area contributed by atoms with E-state index in [1.165, 1.54) is 38.6 Å². The molecule has 2 aliphatic rings. The maximum Gasteiger partial charge on any atom is 0.0210 e. The van der Waals surface area contributed by atoms with Crippen LogP contribution in [0.2, 0.25) is 0 Å². The molecule has 0 aromatic heterocycles. The van der Waals surface area contributed by atoms with E-state index in [2.05, 4.69) is 32.7 Å². The van der Waals surface area contributed by atoms with E-state index in [9.17, 15) is 0 Å². The largest absolute Gasteiger partial charge is 0.301 e. The number of nitrogens with zero attached hydrogens (tertiary/aromatic N) is 1. The minimum atomic E-state index is 0.521. The molecule has 1 spiro atoms. The highest BCUT2D eigenvalue weighted by atomic mass is 15.2. The zero-order chi connectivity index (χ0) is 10.4. The fraction of sp³-hybridized carbons (Fsp3) is 1.00. The van der Waals surface area contributed by atoms with Gasteiger partial charge < -0.3 is 4.90 Å². The van der Waals surface area contributed by atoms with Crippen LogP contribution in [0.3, 0.4) is 0 Å². The Labute approximate surface area is 88.9 Å². The highest BCUT2D eigenvalue weighted by molar-refractivity contribution is 5.02. The van der Waals surface area contributed by atoms with Gasteiger partial charge in [0.1, 0.15) is 0 Å². The summed E-state index contributed by atoms with van der Waals surface area (Å²) < 4.78 is 0. The van der Waals surface area contributed by atoms with Gasteiger partial charge in [-0.1, -0.05) is 20.8 Å². The Morgan fingerprint density at radius 2 is 1.93 bits per heavy atom. The number of hydrogen-bond donors (Lipinski definition) is 0. The number of likely N-dealkylation sites (tertiary alicyclic amines) is 1. The molecule has 1 heteroatoms. The molecule has 0 radical (unpaired) electrons. The van der Waals surface area contributed by atoms with Gasteiger partial charge in [0.05, 0.1) is 0 Å². The summed E-state index contributed by atoms with van der Waals surface area (Å²) in [4.78, 5) is 2.64. The zero-order valence-electron chi connectivity index (χ0n) is 10.3. The van der Waals surface area contributed by atoms with Gasteiger partial charge in [-0.3, -0.25) is 0 Å². The SMILES string of the molecule is CN1CCC[C@@]12CC[C@@H](C(C)(C)C)C2. The van der Waals surface area contributed by atoms with Crippen molar-refractivity contribution < 1.29 is 0 Å². The van der Waals surface area contributed by atoms with Gasteiger partial charge in [-0.25, -0.2) is 0 Å². The van der Waals surface area contributed by atoms with Gasteiger partial charge in [0.25, 0.3) is 0 Å². The van der Waals surface area contributed by atoms with Gasteiger partial charge in [0, 0.05) is 5.54 Å². The molecular weight excluding hydrogens is 170 g/mol. The molecule has 1 saturated heterocycles. The first-order valence-corrected chi connectivity index (χ1v) is 6.15. The lowest BCUT2D eigenvalue weighted by molar-refractivity contribution is 0.153. The minimum absolute atomic E-state index is 0.521. The molecule has 0 aromatic carbocycles. The molecule has 0 aromatic rings. The van der Waals surface area contributed by atoms with Gasteiger partial charge in [-0.15, -0.1) is 0 Å². The summed E-state index contributed by atoms with van der Waals surface area (Å²) in [6, 6.07) is 0. The third-order valence-electron chi connectivity index (χ3n) is 4.75. The zero-order valence-corrected chi connectivity index (χ0v) is 10.3. The van der Waals surface area contributed by atoms with Crippen LogP contribution in [0.5, 0.6) is 0 Å². The second-order valence-corrected chi connectivity index (χ2v) is 6.56. The predicted octanol–water partition coefficient (Wildman–Crippen LogP) is 3.30. The van der Waals surface area contributed by atoms with Crippen LogP contribution >= 0.6 is 0 Å². The van der Waals surface area contributed by atoms with Crippen LogP contribution in [0.4, 0.5) is 0 Å². The lowest BCUT2D eigenvalue weighted by Gasteiger charge is -2.34. The Hall–Kier alpha value is -0.0400. The summed E-state index contributed by atoms with van der Waals surface area (Å²) in [5.41, 5.74) is 1.13. The summed E-state index contributed by atoms with van der Waals surface area (Å²) in [5.74, 6) is 0.947. The van der Waals surface area contributed by atoms with Crippen molar-refractivity contribution in [2.75, 3.05) is 13.6 Å². The molecule has 14 heavy (non-hydrogen) atoms. The smallest absolute Gasteiger partial charge is 0.0210 e. The molecular formula is C13H25N. The Morgan fingerprint density at radius 1 is 1.21 bits per heavy atom. The Kier molecular flexibility index (Phi) is 2.42. The van der Waals surface area contributed by atoms with Crippen molar-refractivity contribution >= 4 is 0 Å². The molecule has 2 rings (SSSR count). The van der Waals surface area contributed by atoms with Gasteiger partial charge >= 0.3 is 0 Å². The van der Waals surface area contributed by atoms with Crippen LogP contribution in [0.15, 0.2) is 0 Å². The molecule has 0 N–H and O–H groups in total. The van der Waals surface area contributed by atoms with Crippen LogP contribution < -0.4 is 0 Å². The molecule has 2 fully saturated rings. The predicted molar refractivity (Wildman–Crippen MR) is 61.4 cm³/mol. The Morgan fingerprint density at radius 3 is 2.36 bits per heavy atom. The summed E-state index contributed by atoms with van der Waals surface area (Å²) in [7, 11) is 2.33. The van der Waals surface area contributed by atoms with Crippen molar-refractivity contribution in [1.82, 2.24) is 4.90 Å². The van der Waals surface area contributed by atoms with E-state index in [4.69, 9.17) is 0 Å². The quantitative estimate of drug-likeness (QED) is 0.573. The van der Waals surface area contributed by atoms with E-state index in [0.717, 1.165) is 5.92 Å². The normalized spacial score (nSPS) is 39.9. The first kappa shape index (κ1) is 10.5. The van der Waals surface area contributed by atoms with Crippen LogP contribution in [0.25, 0.3) is 0 Å². The molecule has 1 aliphatic heterocycles. The van der Waals surface area contributed by atoms with Crippen molar-refractivity contribution in [2.24, 2.45) is 11.3 Å². The number of rotatable bonds is 0. The standard InChI is InChI=1S/C13H25N/c1-12(2,3)11-6-8-13(10-11)7-5-9-14(13)4/h11H,5-10H2,1-4H3/t11-,13+/m1/s1. The van der Waals surface area contributed by atoms with Gasteiger partial charge in [-0.2, -0.15) is 0 Å². The van der Waals surface area contributed by atoms with Crippen molar-refractivity contribution in [2.45, 2.75) is 58.4 Å². The molecule has 82 valence electrons. The van der Waals surface area contributed by atoms with Crippen molar-refractivity contribution in [3.63, 3.8) is 0 Å². The maximum absolute atomic E-state index is 2.64. The van der Waals surface area contributed by atoms with E-state index in [0.29, 0.717) is 11.0 Å². The summed E-state index contributed by atoms with van der Waals surface area (Å²) in [6.45, 7) is 8.56. The molecule has 0 amide bonds. The lowest BCUT2D eigenvalue weighted by Crippen LogP contribution is -2.39. The molecule has 1 saturated carbocycles. The monoisotopic (exact) mass is 195 g/mol. The van der Waals surface area contributed by atoms with E-state index in [1.54, 1.807) is 0 Å². The average Bonchev–Trinajstić information content (AvgIpc) is 2.61. The van der Waals surface area contributed by atoms with Crippen molar-refractivity contribution in [3.8, 4) is 0 Å². The number of hydrogen-bond acceptors (Lipinski definition) is 1. The van der Waals surface area contributed by atoms with Crippen molar-refractivity contribution in [1.29, 1.82) is 0 Å². The lowest BCUT2D eigenvalue weighted by atomic mass is 9.78. The molecule has 2 atom stereocenters. The topological polar surface area (TPSA) is 3.24 Å². The molecule has 1 aliphatic carbocycles. The van der Waals surface area contributed by atoms with E-state index in [-0.39, 0.29) is 0 Å². The average molecular weight is 195 g/mol. The highest BCUT2D eigenvalue weighted by Gasteiger charge is 2.47. The Balaban J connectivity index is 2.07. The van der Waals surface area contributed by atoms with Crippen LogP contribution in [-0.4, -0.2) is 24.0 Å². The summed E-state index contributed by atoms with van der Waals surface area (Å²) >= 11 is 0. The third-order valence-corrected chi connectivity index (χ3v) is 4.75. The molecule has 0 unspecified atom stereocenters. The van der Waals surface area contributed by atoms with E-state index < -0.39 is 0 Å². The van der Waals surface area contributed by atoms with Gasteiger partial charge in [0.2, 0.25) is 0 Å². The fourth-order valence-corrected chi connectivity index (χ4v) is 3.49. The maximum atomic E-state index is 2.64. The second-order valence-electron chi connectivity index (χ2n) is 6.56. The first-order chi connectivity index (χ1) is 6.44. The third kappa shape index (κ3) is 1.60. The molecule has 0 bridgehead atoms.